The van der Waals surface area contributed by atoms with E-state index < -0.39 is 4.92 Å². The van der Waals surface area contributed by atoms with Gasteiger partial charge < -0.3 is 10.2 Å². The van der Waals surface area contributed by atoms with Crippen LogP contribution < -0.4 is 10.2 Å². The Labute approximate surface area is 153 Å². The predicted octanol–water partition coefficient (Wildman–Crippen LogP) is 4.49. The number of piperidine rings is 1. The van der Waals surface area contributed by atoms with Crippen LogP contribution in [-0.2, 0) is 0 Å². The summed E-state index contributed by atoms with van der Waals surface area (Å²) < 4.78 is 0. The quantitative estimate of drug-likeness (QED) is 0.628. The average Bonchev–Trinajstić information content (AvgIpc) is 2.62. The zero-order valence-electron chi connectivity index (χ0n) is 15.5. The van der Waals surface area contributed by atoms with Crippen molar-refractivity contribution < 1.29 is 4.92 Å². The first-order chi connectivity index (χ1) is 12.5. The van der Waals surface area contributed by atoms with Gasteiger partial charge in [-0.3, -0.25) is 10.1 Å². The van der Waals surface area contributed by atoms with E-state index in [4.69, 9.17) is 0 Å². The predicted molar refractivity (Wildman–Crippen MR) is 103 cm³/mol. The third-order valence-corrected chi connectivity index (χ3v) is 4.91. The first-order valence-corrected chi connectivity index (χ1v) is 9.07. The second-order valence-corrected chi connectivity index (χ2v) is 7.22. The maximum absolute atomic E-state index is 11.7. The molecule has 138 valence electrons. The summed E-state index contributed by atoms with van der Waals surface area (Å²) in [5.41, 5.74) is 1.93. The van der Waals surface area contributed by atoms with E-state index in [2.05, 4.69) is 36.1 Å². The summed E-state index contributed by atoms with van der Waals surface area (Å²) in [6.45, 7) is 8.02. The number of anilines is 3. The van der Waals surface area contributed by atoms with Gasteiger partial charge in [0, 0.05) is 18.8 Å². The lowest BCUT2D eigenvalue weighted by atomic mass is 9.99. The van der Waals surface area contributed by atoms with Crippen molar-refractivity contribution in [2.45, 2.75) is 39.5 Å². The van der Waals surface area contributed by atoms with Crippen LogP contribution in [0.25, 0.3) is 0 Å². The maximum atomic E-state index is 11.7. The summed E-state index contributed by atoms with van der Waals surface area (Å²) in [6, 6.07) is 7.88. The Balaban J connectivity index is 1.89. The van der Waals surface area contributed by atoms with Gasteiger partial charge in [-0.2, -0.15) is 0 Å². The first-order valence-electron chi connectivity index (χ1n) is 9.07. The lowest BCUT2D eigenvalue weighted by molar-refractivity contribution is -0.383. The second kappa shape index (κ2) is 7.68. The number of nitrogens with zero attached hydrogens (tertiary/aromatic N) is 4. The summed E-state index contributed by atoms with van der Waals surface area (Å²) in [6.07, 6.45) is 3.42. The minimum atomic E-state index is -0.391. The number of hydrogen-bond donors (Lipinski definition) is 1. The Kier molecular flexibility index (Phi) is 5.35. The molecule has 1 aromatic carbocycles. The summed E-state index contributed by atoms with van der Waals surface area (Å²) in [5, 5.41) is 14.8. The molecule has 0 unspecified atom stereocenters. The topological polar surface area (TPSA) is 84.2 Å². The Morgan fingerprint density at radius 3 is 2.42 bits per heavy atom. The first kappa shape index (κ1) is 18.1. The molecule has 0 amide bonds. The third kappa shape index (κ3) is 3.92. The van der Waals surface area contributed by atoms with Crippen LogP contribution in [0.5, 0.6) is 0 Å². The highest BCUT2D eigenvalue weighted by molar-refractivity contribution is 5.74. The fourth-order valence-electron chi connectivity index (χ4n) is 3.17. The highest BCUT2D eigenvalue weighted by atomic mass is 16.6. The van der Waals surface area contributed by atoms with Gasteiger partial charge in [0.05, 0.1) is 4.92 Å². The van der Waals surface area contributed by atoms with Gasteiger partial charge in [-0.1, -0.05) is 32.9 Å². The molecule has 26 heavy (non-hydrogen) atoms. The van der Waals surface area contributed by atoms with Crippen molar-refractivity contribution in [3.8, 4) is 0 Å². The molecular formula is C19H25N5O2. The van der Waals surface area contributed by atoms with E-state index in [1.807, 2.05) is 29.2 Å². The SMILES string of the molecule is CC1CCN(c2ncnc(Nc3ccc(C(C)C)cc3)c2[N+](=O)[O-])CC1. The van der Waals surface area contributed by atoms with Gasteiger partial charge in [0.1, 0.15) is 6.33 Å². The van der Waals surface area contributed by atoms with Gasteiger partial charge >= 0.3 is 5.69 Å². The average molecular weight is 355 g/mol. The molecule has 0 atom stereocenters. The minimum absolute atomic E-state index is 0.0602. The molecule has 0 aliphatic carbocycles. The monoisotopic (exact) mass is 355 g/mol. The molecule has 3 rings (SSSR count). The van der Waals surface area contributed by atoms with Crippen molar-refractivity contribution in [2.75, 3.05) is 23.3 Å². The Bertz CT molecular complexity index is 768. The molecule has 1 aliphatic rings. The molecular weight excluding hydrogens is 330 g/mol. The Morgan fingerprint density at radius 2 is 1.85 bits per heavy atom. The van der Waals surface area contributed by atoms with Gasteiger partial charge in [0.15, 0.2) is 0 Å². The summed E-state index contributed by atoms with van der Waals surface area (Å²) >= 11 is 0. The van der Waals surface area contributed by atoms with Gasteiger partial charge in [-0.15, -0.1) is 0 Å². The number of benzene rings is 1. The van der Waals surface area contributed by atoms with Crippen LogP contribution in [0.3, 0.4) is 0 Å². The molecule has 0 bridgehead atoms. The van der Waals surface area contributed by atoms with Gasteiger partial charge in [0.25, 0.3) is 0 Å². The molecule has 1 fully saturated rings. The zero-order valence-corrected chi connectivity index (χ0v) is 15.5. The second-order valence-electron chi connectivity index (χ2n) is 7.22. The van der Waals surface area contributed by atoms with Crippen LogP contribution >= 0.6 is 0 Å². The van der Waals surface area contributed by atoms with Crippen molar-refractivity contribution in [2.24, 2.45) is 5.92 Å². The largest absolute Gasteiger partial charge is 0.353 e. The number of aromatic nitrogens is 2. The van der Waals surface area contributed by atoms with Gasteiger partial charge in [-0.05, 0) is 42.4 Å². The normalized spacial score (nSPS) is 15.3. The van der Waals surface area contributed by atoms with E-state index in [1.54, 1.807) is 0 Å². The third-order valence-electron chi connectivity index (χ3n) is 4.91. The summed E-state index contributed by atoms with van der Waals surface area (Å²) in [5.74, 6) is 1.71. The zero-order chi connectivity index (χ0) is 18.7. The van der Waals surface area contributed by atoms with Crippen LogP contribution in [0.2, 0.25) is 0 Å². The summed E-state index contributed by atoms with van der Waals surface area (Å²) in [7, 11) is 0. The lowest BCUT2D eigenvalue weighted by Crippen LogP contribution is -2.34. The Hall–Kier alpha value is -2.70. The van der Waals surface area contributed by atoms with E-state index in [1.165, 1.54) is 11.9 Å². The van der Waals surface area contributed by atoms with E-state index in [9.17, 15) is 10.1 Å². The van der Waals surface area contributed by atoms with Crippen LogP contribution in [-0.4, -0.2) is 28.0 Å². The number of rotatable bonds is 5. The minimum Gasteiger partial charge on any atom is -0.351 e. The molecule has 1 aromatic heterocycles. The Morgan fingerprint density at radius 1 is 1.19 bits per heavy atom. The molecule has 2 aromatic rings. The van der Waals surface area contributed by atoms with Crippen LogP contribution in [0.4, 0.5) is 23.0 Å². The highest BCUT2D eigenvalue weighted by Crippen LogP contribution is 2.35. The smallest absolute Gasteiger partial charge is 0.351 e. The standard InChI is InChI=1S/C19H25N5O2/c1-13(2)15-4-6-16(7-5-15)22-18-17(24(25)26)19(21-12-20-18)23-10-8-14(3)9-11-23/h4-7,12-14H,8-11H2,1-3H3,(H,20,21,22). The van der Waals surface area contributed by atoms with Crippen LogP contribution in [0.15, 0.2) is 30.6 Å². The molecule has 1 aliphatic heterocycles. The molecule has 0 saturated carbocycles. The molecule has 7 heteroatoms. The van der Waals surface area contributed by atoms with E-state index in [0.29, 0.717) is 17.7 Å². The molecule has 2 heterocycles. The number of nitro groups is 1. The molecule has 1 N–H and O–H groups in total. The van der Waals surface area contributed by atoms with E-state index >= 15 is 0 Å². The fraction of sp³-hybridized carbons (Fsp3) is 0.474. The maximum Gasteiger partial charge on any atom is 0.353 e. The van der Waals surface area contributed by atoms with Crippen LogP contribution in [0, 0.1) is 16.0 Å². The lowest BCUT2D eigenvalue weighted by Gasteiger charge is -2.30. The van der Waals surface area contributed by atoms with Crippen molar-refractivity contribution in [1.29, 1.82) is 0 Å². The number of hydrogen-bond acceptors (Lipinski definition) is 6. The van der Waals surface area contributed by atoms with Crippen molar-refractivity contribution in [1.82, 2.24) is 9.97 Å². The van der Waals surface area contributed by atoms with E-state index in [-0.39, 0.29) is 11.5 Å². The van der Waals surface area contributed by atoms with Gasteiger partial charge in [0.2, 0.25) is 11.6 Å². The molecule has 7 nitrogen and oxygen atoms in total. The van der Waals surface area contributed by atoms with Crippen LogP contribution in [0.1, 0.15) is 45.1 Å². The van der Waals surface area contributed by atoms with Crippen molar-refractivity contribution in [3.05, 3.63) is 46.3 Å². The fourth-order valence-corrected chi connectivity index (χ4v) is 3.17. The van der Waals surface area contributed by atoms with Crippen molar-refractivity contribution >= 4 is 23.0 Å². The number of nitrogens with one attached hydrogen (secondary N) is 1. The molecule has 0 radical (unpaired) electrons. The molecule has 1 saturated heterocycles. The highest BCUT2D eigenvalue weighted by Gasteiger charge is 2.29. The van der Waals surface area contributed by atoms with Gasteiger partial charge in [-0.25, -0.2) is 9.97 Å². The van der Waals surface area contributed by atoms with Crippen molar-refractivity contribution in [3.63, 3.8) is 0 Å². The summed E-state index contributed by atoms with van der Waals surface area (Å²) in [4.78, 5) is 21.7. The van der Waals surface area contributed by atoms with E-state index in [0.717, 1.165) is 31.6 Å². The molecule has 0 spiro atoms.